The van der Waals surface area contributed by atoms with Crippen molar-refractivity contribution in [3.8, 4) is 0 Å². The number of benzene rings is 1. The Labute approximate surface area is 145 Å². The third kappa shape index (κ3) is 5.66. The molecule has 4 heteroatoms. The van der Waals surface area contributed by atoms with Crippen molar-refractivity contribution >= 4 is 11.9 Å². The Morgan fingerprint density at radius 1 is 1.08 bits per heavy atom. The maximum Gasteiger partial charge on any atom is 0.325 e. The summed E-state index contributed by atoms with van der Waals surface area (Å²) in [7, 11) is 0. The highest BCUT2D eigenvalue weighted by atomic mass is 16.5. The van der Waals surface area contributed by atoms with Gasteiger partial charge in [0.05, 0.1) is 0 Å². The van der Waals surface area contributed by atoms with Gasteiger partial charge in [-0.25, -0.2) is 0 Å². The van der Waals surface area contributed by atoms with Gasteiger partial charge in [0.1, 0.15) is 13.2 Å². The molecule has 0 heterocycles. The van der Waals surface area contributed by atoms with Crippen LogP contribution in [0.25, 0.3) is 0 Å². The molecule has 1 amide bonds. The molecule has 1 aliphatic carbocycles. The van der Waals surface area contributed by atoms with Crippen LogP contribution in [-0.2, 0) is 20.9 Å². The maximum atomic E-state index is 12.2. The standard InChI is InChI=1S/C20H29NO3/c1-20(2,3)17-11-9-16(10-12-17)19(23)21-13-18(22)24-14-15-7-5-4-6-8-15/h4-8,16-17H,9-14H2,1-3H3,(H,21,23). The van der Waals surface area contributed by atoms with Gasteiger partial charge < -0.3 is 10.1 Å². The van der Waals surface area contributed by atoms with Crippen LogP contribution in [0.5, 0.6) is 0 Å². The molecule has 0 spiro atoms. The number of esters is 1. The molecule has 0 bridgehead atoms. The summed E-state index contributed by atoms with van der Waals surface area (Å²) >= 11 is 0. The molecule has 24 heavy (non-hydrogen) atoms. The summed E-state index contributed by atoms with van der Waals surface area (Å²) in [6, 6.07) is 9.52. The van der Waals surface area contributed by atoms with Crippen molar-refractivity contribution in [2.75, 3.05) is 6.54 Å². The van der Waals surface area contributed by atoms with Crippen LogP contribution in [-0.4, -0.2) is 18.4 Å². The molecule has 1 N–H and O–H groups in total. The molecule has 1 aromatic rings. The largest absolute Gasteiger partial charge is 0.460 e. The zero-order chi connectivity index (χ0) is 17.6. The number of hydrogen-bond donors (Lipinski definition) is 1. The van der Waals surface area contributed by atoms with Crippen LogP contribution < -0.4 is 5.32 Å². The first-order valence-electron chi connectivity index (χ1n) is 8.83. The average molecular weight is 331 g/mol. The Balaban J connectivity index is 1.67. The summed E-state index contributed by atoms with van der Waals surface area (Å²) < 4.78 is 5.17. The molecule has 0 aromatic heterocycles. The van der Waals surface area contributed by atoms with Gasteiger partial charge in [-0.15, -0.1) is 0 Å². The fourth-order valence-corrected chi connectivity index (χ4v) is 3.31. The number of carbonyl (C=O) groups is 2. The van der Waals surface area contributed by atoms with Gasteiger partial charge in [0.2, 0.25) is 5.91 Å². The van der Waals surface area contributed by atoms with Crippen molar-refractivity contribution in [3.63, 3.8) is 0 Å². The quantitative estimate of drug-likeness (QED) is 0.837. The van der Waals surface area contributed by atoms with Crippen molar-refractivity contribution in [1.29, 1.82) is 0 Å². The van der Waals surface area contributed by atoms with Crippen molar-refractivity contribution in [2.24, 2.45) is 17.3 Å². The van der Waals surface area contributed by atoms with Gasteiger partial charge in [-0.3, -0.25) is 9.59 Å². The zero-order valence-corrected chi connectivity index (χ0v) is 15.0. The summed E-state index contributed by atoms with van der Waals surface area (Å²) in [6.45, 7) is 6.99. The number of carbonyl (C=O) groups excluding carboxylic acids is 2. The molecule has 0 atom stereocenters. The van der Waals surface area contributed by atoms with Gasteiger partial charge >= 0.3 is 5.97 Å². The predicted molar refractivity (Wildman–Crippen MR) is 94.2 cm³/mol. The van der Waals surface area contributed by atoms with Gasteiger partial charge in [0.15, 0.2) is 0 Å². The molecule has 4 nitrogen and oxygen atoms in total. The maximum absolute atomic E-state index is 12.2. The minimum Gasteiger partial charge on any atom is -0.460 e. The Morgan fingerprint density at radius 3 is 2.29 bits per heavy atom. The Hall–Kier alpha value is -1.84. The van der Waals surface area contributed by atoms with E-state index in [1.54, 1.807) is 0 Å². The van der Waals surface area contributed by atoms with E-state index in [1.807, 2.05) is 30.3 Å². The van der Waals surface area contributed by atoms with E-state index in [4.69, 9.17) is 4.74 Å². The fraction of sp³-hybridized carbons (Fsp3) is 0.600. The minimum atomic E-state index is -0.393. The summed E-state index contributed by atoms with van der Waals surface area (Å²) in [6.07, 6.45) is 3.99. The molecule has 1 aromatic carbocycles. The average Bonchev–Trinajstić information content (AvgIpc) is 2.58. The molecule has 1 saturated carbocycles. The summed E-state index contributed by atoms with van der Waals surface area (Å²) in [5.41, 5.74) is 1.25. The number of hydrogen-bond acceptors (Lipinski definition) is 3. The lowest BCUT2D eigenvalue weighted by molar-refractivity contribution is -0.145. The number of nitrogens with one attached hydrogen (secondary N) is 1. The van der Waals surface area contributed by atoms with E-state index < -0.39 is 5.97 Å². The summed E-state index contributed by atoms with van der Waals surface area (Å²) in [5.74, 6) is 0.303. The Morgan fingerprint density at radius 2 is 1.71 bits per heavy atom. The van der Waals surface area contributed by atoms with Gasteiger partial charge in [0, 0.05) is 5.92 Å². The third-order valence-corrected chi connectivity index (χ3v) is 4.97. The minimum absolute atomic E-state index is 0.0148. The van der Waals surface area contributed by atoms with Crippen LogP contribution in [0, 0.1) is 17.3 Å². The highest BCUT2D eigenvalue weighted by Gasteiger charge is 2.32. The molecule has 0 radical (unpaired) electrons. The highest BCUT2D eigenvalue weighted by molar-refractivity contribution is 5.83. The van der Waals surface area contributed by atoms with Crippen LogP contribution in [0.3, 0.4) is 0 Å². The molecule has 132 valence electrons. The molecule has 2 rings (SSSR count). The highest BCUT2D eigenvalue weighted by Crippen LogP contribution is 2.39. The van der Waals surface area contributed by atoms with Crippen LogP contribution >= 0.6 is 0 Å². The van der Waals surface area contributed by atoms with E-state index in [-0.39, 0.29) is 25.0 Å². The second-order valence-electron chi connectivity index (χ2n) is 7.78. The first-order valence-corrected chi connectivity index (χ1v) is 8.83. The monoisotopic (exact) mass is 331 g/mol. The van der Waals surface area contributed by atoms with E-state index in [0.717, 1.165) is 31.2 Å². The van der Waals surface area contributed by atoms with Crippen molar-refractivity contribution in [3.05, 3.63) is 35.9 Å². The molecule has 1 fully saturated rings. The number of amides is 1. The normalized spacial score (nSPS) is 21.1. The smallest absolute Gasteiger partial charge is 0.325 e. The van der Waals surface area contributed by atoms with Crippen LogP contribution in [0.1, 0.15) is 52.0 Å². The van der Waals surface area contributed by atoms with E-state index >= 15 is 0 Å². The van der Waals surface area contributed by atoms with Gasteiger partial charge in [-0.2, -0.15) is 0 Å². The number of ether oxygens (including phenoxy) is 1. The first-order chi connectivity index (χ1) is 11.4. The van der Waals surface area contributed by atoms with Crippen LogP contribution in [0.15, 0.2) is 30.3 Å². The van der Waals surface area contributed by atoms with Gasteiger partial charge in [-0.1, -0.05) is 51.1 Å². The topological polar surface area (TPSA) is 55.4 Å². The SMILES string of the molecule is CC(C)(C)C1CCC(C(=O)NCC(=O)OCc2ccccc2)CC1. The van der Waals surface area contributed by atoms with E-state index in [0.29, 0.717) is 11.3 Å². The molecular weight excluding hydrogens is 302 g/mol. The first kappa shape index (κ1) is 18.5. The zero-order valence-electron chi connectivity index (χ0n) is 15.0. The van der Waals surface area contributed by atoms with E-state index in [1.165, 1.54) is 0 Å². The van der Waals surface area contributed by atoms with Crippen LogP contribution in [0.2, 0.25) is 0 Å². The molecule has 0 aliphatic heterocycles. The van der Waals surface area contributed by atoms with Crippen molar-refractivity contribution in [1.82, 2.24) is 5.32 Å². The summed E-state index contributed by atoms with van der Waals surface area (Å²) in [4.78, 5) is 24.0. The van der Waals surface area contributed by atoms with E-state index in [2.05, 4.69) is 26.1 Å². The Bertz CT molecular complexity index is 540. The van der Waals surface area contributed by atoms with Crippen molar-refractivity contribution < 1.29 is 14.3 Å². The van der Waals surface area contributed by atoms with Gasteiger partial charge in [0.25, 0.3) is 0 Å². The van der Waals surface area contributed by atoms with E-state index in [9.17, 15) is 9.59 Å². The lowest BCUT2D eigenvalue weighted by atomic mass is 9.70. The molecule has 1 aliphatic rings. The van der Waals surface area contributed by atoms with Gasteiger partial charge in [-0.05, 0) is 42.6 Å². The fourth-order valence-electron chi connectivity index (χ4n) is 3.31. The molecular formula is C20H29NO3. The summed E-state index contributed by atoms with van der Waals surface area (Å²) in [5, 5.41) is 2.73. The molecule has 0 unspecified atom stereocenters. The number of rotatable bonds is 5. The lowest BCUT2D eigenvalue weighted by Gasteiger charge is -2.36. The Kier molecular flexibility index (Phi) is 6.41. The molecule has 0 saturated heterocycles. The second kappa shape index (κ2) is 8.32. The van der Waals surface area contributed by atoms with Crippen molar-refractivity contribution in [2.45, 2.75) is 53.1 Å². The van der Waals surface area contributed by atoms with Crippen LogP contribution in [0.4, 0.5) is 0 Å². The predicted octanol–water partition coefficient (Wildman–Crippen LogP) is 3.70. The second-order valence-corrected chi connectivity index (χ2v) is 7.78. The third-order valence-electron chi connectivity index (χ3n) is 4.97. The lowest BCUT2D eigenvalue weighted by Crippen LogP contribution is -2.38.